The van der Waals surface area contributed by atoms with Gasteiger partial charge in [0.05, 0.1) is 18.7 Å². The minimum absolute atomic E-state index is 0.0118. The standard InChI is InChI=1S/C22H23NO5/c1-2-6-19(15-7-4-3-5-8-15)23-21(25)14-28-22(26)11-16-13-27-20-12-17(24)9-10-18(16)20/h3-5,7-10,12-13,19,24H,2,6,11,14H2,1H3,(H,23,25)/t19-/m1/s1. The molecule has 0 unspecified atom stereocenters. The number of furan rings is 1. The van der Waals surface area contributed by atoms with Crippen molar-refractivity contribution in [2.75, 3.05) is 6.61 Å². The van der Waals surface area contributed by atoms with Gasteiger partial charge in [-0.1, -0.05) is 43.7 Å². The van der Waals surface area contributed by atoms with Crippen molar-refractivity contribution in [1.82, 2.24) is 5.32 Å². The molecular formula is C22H23NO5. The van der Waals surface area contributed by atoms with Crippen LogP contribution < -0.4 is 5.32 Å². The van der Waals surface area contributed by atoms with Crippen molar-refractivity contribution >= 4 is 22.8 Å². The largest absolute Gasteiger partial charge is 0.508 e. The van der Waals surface area contributed by atoms with E-state index in [1.54, 1.807) is 6.07 Å². The Kier molecular flexibility index (Phi) is 6.32. The van der Waals surface area contributed by atoms with E-state index in [1.165, 1.54) is 18.4 Å². The highest BCUT2D eigenvalue weighted by Crippen LogP contribution is 2.25. The molecule has 3 aromatic rings. The van der Waals surface area contributed by atoms with E-state index in [2.05, 4.69) is 12.2 Å². The van der Waals surface area contributed by atoms with Crippen LogP contribution in [0.4, 0.5) is 0 Å². The van der Waals surface area contributed by atoms with Crippen molar-refractivity contribution in [3.63, 3.8) is 0 Å². The summed E-state index contributed by atoms with van der Waals surface area (Å²) in [4.78, 5) is 24.3. The number of benzene rings is 2. The first-order chi connectivity index (χ1) is 13.6. The molecule has 28 heavy (non-hydrogen) atoms. The summed E-state index contributed by atoms with van der Waals surface area (Å²) in [5.74, 6) is -0.761. The Bertz CT molecular complexity index is 948. The number of phenolic OH excluding ortho intramolecular Hbond substituents is 1. The lowest BCUT2D eigenvalue weighted by atomic mass is 10.0. The van der Waals surface area contributed by atoms with E-state index in [9.17, 15) is 14.7 Å². The maximum Gasteiger partial charge on any atom is 0.310 e. The van der Waals surface area contributed by atoms with Gasteiger partial charge < -0.3 is 19.6 Å². The molecule has 0 saturated carbocycles. The highest BCUT2D eigenvalue weighted by Gasteiger charge is 2.16. The third-order valence-corrected chi connectivity index (χ3v) is 4.45. The van der Waals surface area contributed by atoms with Crippen LogP contribution in [0.5, 0.6) is 5.75 Å². The molecule has 1 heterocycles. The second-order valence-electron chi connectivity index (χ2n) is 6.60. The lowest BCUT2D eigenvalue weighted by molar-refractivity contribution is -0.148. The molecule has 0 aliphatic rings. The normalized spacial score (nSPS) is 11.9. The first-order valence-corrected chi connectivity index (χ1v) is 9.26. The topological polar surface area (TPSA) is 88.8 Å². The molecule has 1 amide bonds. The molecule has 0 spiro atoms. The first-order valence-electron chi connectivity index (χ1n) is 9.26. The molecule has 2 N–H and O–H groups in total. The number of carbonyl (C=O) groups is 2. The van der Waals surface area contributed by atoms with Crippen LogP contribution in [-0.4, -0.2) is 23.6 Å². The van der Waals surface area contributed by atoms with E-state index >= 15 is 0 Å². The number of amides is 1. The van der Waals surface area contributed by atoms with Crippen molar-refractivity contribution < 1.29 is 23.8 Å². The van der Waals surface area contributed by atoms with Gasteiger partial charge in [-0.2, -0.15) is 0 Å². The Morgan fingerprint density at radius 2 is 1.96 bits per heavy atom. The van der Waals surface area contributed by atoms with Crippen LogP contribution in [0.25, 0.3) is 11.0 Å². The fourth-order valence-corrected chi connectivity index (χ4v) is 3.09. The molecule has 6 nitrogen and oxygen atoms in total. The lowest BCUT2D eigenvalue weighted by Crippen LogP contribution is -2.32. The van der Waals surface area contributed by atoms with Gasteiger partial charge >= 0.3 is 5.97 Å². The number of aromatic hydroxyl groups is 1. The zero-order chi connectivity index (χ0) is 19.9. The van der Waals surface area contributed by atoms with Gasteiger partial charge in [-0.3, -0.25) is 9.59 Å². The summed E-state index contributed by atoms with van der Waals surface area (Å²) in [6, 6.07) is 14.3. The second-order valence-corrected chi connectivity index (χ2v) is 6.60. The predicted molar refractivity (Wildman–Crippen MR) is 105 cm³/mol. The summed E-state index contributed by atoms with van der Waals surface area (Å²) in [6.45, 7) is 1.72. The molecule has 0 radical (unpaired) electrons. The average Bonchev–Trinajstić information content (AvgIpc) is 3.08. The molecule has 0 aliphatic heterocycles. The van der Waals surface area contributed by atoms with Crippen LogP contribution in [0.2, 0.25) is 0 Å². The Morgan fingerprint density at radius 1 is 1.18 bits per heavy atom. The van der Waals surface area contributed by atoms with Crippen molar-refractivity contribution in [3.05, 3.63) is 65.9 Å². The zero-order valence-electron chi connectivity index (χ0n) is 15.7. The molecule has 6 heteroatoms. The quantitative estimate of drug-likeness (QED) is 0.578. The van der Waals surface area contributed by atoms with Gasteiger partial charge in [-0.25, -0.2) is 0 Å². The lowest BCUT2D eigenvalue weighted by Gasteiger charge is -2.18. The van der Waals surface area contributed by atoms with E-state index in [0.717, 1.165) is 23.8 Å². The number of phenols is 1. The summed E-state index contributed by atoms with van der Waals surface area (Å²) in [5, 5.41) is 13.1. The molecule has 0 saturated heterocycles. The molecular weight excluding hydrogens is 358 g/mol. The number of ether oxygens (including phenoxy) is 1. The van der Waals surface area contributed by atoms with Crippen LogP contribution >= 0.6 is 0 Å². The molecule has 3 rings (SSSR count). The van der Waals surface area contributed by atoms with E-state index in [-0.39, 0.29) is 30.7 Å². The fraction of sp³-hybridized carbons (Fsp3) is 0.273. The summed E-state index contributed by atoms with van der Waals surface area (Å²) in [6.07, 6.45) is 3.17. The third kappa shape index (κ3) is 4.91. The molecule has 1 aromatic heterocycles. The molecule has 2 aromatic carbocycles. The Morgan fingerprint density at radius 3 is 2.71 bits per heavy atom. The number of hydrogen-bond donors (Lipinski definition) is 2. The van der Waals surface area contributed by atoms with E-state index < -0.39 is 5.97 Å². The first kappa shape index (κ1) is 19.5. The average molecular weight is 381 g/mol. The van der Waals surface area contributed by atoms with Crippen LogP contribution in [0.1, 0.15) is 36.9 Å². The summed E-state index contributed by atoms with van der Waals surface area (Å²) >= 11 is 0. The minimum Gasteiger partial charge on any atom is -0.508 e. The van der Waals surface area contributed by atoms with Gasteiger partial charge in [0.2, 0.25) is 0 Å². The Hall–Kier alpha value is -3.28. The molecule has 0 fully saturated rings. The number of rotatable bonds is 8. The smallest absolute Gasteiger partial charge is 0.310 e. The Labute approximate surface area is 163 Å². The van der Waals surface area contributed by atoms with Crippen molar-refractivity contribution in [1.29, 1.82) is 0 Å². The van der Waals surface area contributed by atoms with E-state index in [1.807, 2.05) is 30.3 Å². The molecule has 146 valence electrons. The van der Waals surface area contributed by atoms with E-state index in [4.69, 9.17) is 9.15 Å². The molecule has 0 bridgehead atoms. The van der Waals surface area contributed by atoms with Gasteiger partial charge in [0.25, 0.3) is 5.91 Å². The Balaban J connectivity index is 1.54. The van der Waals surface area contributed by atoms with Crippen molar-refractivity contribution in [2.24, 2.45) is 0 Å². The fourth-order valence-electron chi connectivity index (χ4n) is 3.09. The van der Waals surface area contributed by atoms with Crippen molar-refractivity contribution in [2.45, 2.75) is 32.2 Å². The van der Waals surface area contributed by atoms with Crippen LogP contribution in [0.3, 0.4) is 0 Å². The van der Waals surface area contributed by atoms with Crippen LogP contribution in [-0.2, 0) is 20.7 Å². The van der Waals surface area contributed by atoms with Crippen molar-refractivity contribution in [3.8, 4) is 5.75 Å². The maximum atomic E-state index is 12.2. The van der Waals surface area contributed by atoms with Gasteiger partial charge in [0.1, 0.15) is 11.3 Å². The number of hydrogen-bond acceptors (Lipinski definition) is 5. The van der Waals surface area contributed by atoms with Gasteiger partial charge in [-0.05, 0) is 24.1 Å². The van der Waals surface area contributed by atoms with E-state index in [0.29, 0.717) is 11.1 Å². The summed E-state index contributed by atoms with van der Waals surface area (Å²) < 4.78 is 10.5. The van der Waals surface area contributed by atoms with Crippen LogP contribution in [0.15, 0.2) is 59.2 Å². The monoisotopic (exact) mass is 381 g/mol. The van der Waals surface area contributed by atoms with Gasteiger partial charge in [0, 0.05) is 17.0 Å². The summed E-state index contributed by atoms with van der Waals surface area (Å²) in [5.41, 5.74) is 2.16. The maximum absolute atomic E-state index is 12.2. The third-order valence-electron chi connectivity index (χ3n) is 4.45. The SMILES string of the molecule is CCC[C@@H](NC(=O)COC(=O)Cc1coc2cc(O)ccc12)c1ccccc1. The number of esters is 1. The highest BCUT2D eigenvalue weighted by molar-refractivity contribution is 5.87. The molecule has 0 aliphatic carbocycles. The number of carbonyl (C=O) groups excluding carboxylic acids is 2. The van der Waals surface area contributed by atoms with Gasteiger partial charge in [0.15, 0.2) is 6.61 Å². The highest BCUT2D eigenvalue weighted by atomic mass is 16.5. The summed E-state index contributed by atoms with van der Waals surface area (Å²) in [7, 11) is 0. The number of fused-ring (bicyclic) bond motifs is 1. The molecule has 1 atom stereocenters. The zero-order valence-corrected chi connectivity index (χ0v) is 15.7. The number of nitrogens with one attached hydrogen (secondary N) is 1. The van der Waals surface area contributed by atoms with Gasteiger partial charge in [-0.15, -0.1) is 0 Å². The van der Waals surface area contributed by atoms with Crippen LogP contribution in [0, 0.1) is 0 Å². The predicted octanol–water partition coefficient (Wildman–Crippen LogP) is 3.88. The minimum atomic E-state index is -0.516. The second kappa shape index (κ2) is 9.08.